The predicted molar refractivity (Wildman–Crippen MR) is 67.5 cm³/mol. The lowest BCUT2D eigenvalue weighted by molar-refractivity contribution is -0.138. The number of nitrogens with zero attached hydrogens (tertiary/aromatic N) is 3. The van der Waals surface area contributed by atoms with Gasteiger partial charge in [-0.25, -0.2) is 0 Å². The second-order valence-electron chi connectivity index (χ2n) is 5.63. The number of alkyl halides is 3. The topological polar surface area (TPSA) is 69.2 Å². The van der Waals surface area contributed by atoms with Crippen LogP contribution in [0, 0.1) is 28.1 Å². The van der Waals surface area contributed by atoms with Crippen LogP contribution in [0.1, 0.15) is 47.0 Å². The molecular formula is C13H18F3N3O. The lowest BCUT2D eigenvalue weighted by Gasteiger charge is -2.20. The van der Waals surface area contributed by atoms with Gasteiger partial charge in [-0.15, -0.1) is 0 Å². The van der Waals surface area contributed by atoms with Gasteiger partial charge in [0.05, 0.1) is 17.9 Å². The number of oxime groups is 1. The number of nitriles is 2. The molecule has 0 radical (unpaired) electrons. The molecule has 0 heterocycles. The van der Waals surface area contributed by atoms with Gasteiger partial charge in [0.2, 0.25) is 0 Å². The van der Waals surface area contributed by atoms with Gasteiger partial charge < -0.3 is 4.84 Å². The average Bonchev–Trinajstić information content (AvgIpc) is 2.30. The Morgan fingerprint density at radius 1 is 1.10 bits per heavy atom. The monoisotopic (exact) mass is 289 g/mol. The van der Waals surface area contributed by atoms with E-state index in [2.05, 4.69) is 5.16 Å². The van der Waals surface area contributed by atoms with E-state index >= 15 is 0 Å². The van der Waals surface area contributed by atoms with E-state index in [1.54, 1.807) is 32.9 Å². The fraction of sp³-hybridized carbons (Fsp3) is 0.769. The summed E-state index contributed by atoms with van der Waals surface area (Å²) in [6.45, 7) is 6.79. The number of halogens is 3. The summed E-state index contributed by atoms with van der Waals surface area (Å²) in [5, 5.41) is 21.8. The molecule has 0 aliphatic carbocycles. The van der Waals surface area contributed by atoms with Crippen molar-refractivity contribution in [3.05, 3.63) is 0 Å². The second kappa shape index (κ2) is 6.60. The molecule has 20 heavy (non-hydrogen) atoms. The molecule has 0 saturated carbocycles. The van der Waals surface area contributed by atoms with Gasteiger partial charge in [-0.05, 0) is 34.1 Å². The van der Waals surface area contributed by atoms with E-state index in [1.807, 2.05) is 0 Å². The van der Waals surface area contributed by atoms with Crippen LogP contribution < -0.4 is 0 Å². The predicted octanol–water partition coefficient (Wildman–Crippen LogP) is 3.94. The summed E-state index contributed by atoms with van der Waals surface area (Å²) >= 11 is 0. The standard InChI is InChI=1S/C13H18F3N3O/c1-10(19-20-11(2,3)4)7-12(8-17,9-18)5-6-13(14,15)16/h5-7H2,1-4H3. The van der Waals surface area contributed by atoms with E-state index in [0.717, 1.165) is 0 Å². The maximum atomic E-state index is 12.2. The van der Waals surface area contributed by atoms with Crippen LogP contribution in [0.15, 0.2) is 5.16 Å². The van der Waals surface area contributed by atoms with Gasteiger partial charge in [-0.2, -0.15) is 23.7 Å². The minimum Gasteiger partial charge on any atom is -0.390 e. The van der Waals surface area contributed by atoms with E-state index in [9.17, 15) is 13.2 Å². The van der Waals surface area contributed by atoms with Gasteiger partial charge >= 0.3 is 6.18 Å². The maximum absolute atomic E-state index is 12.2. The Hall–Kier alpha value is -1.76. The van der Waals surface area contributed by atoms with Crippen LogP contribution in [0.4, 0.5) is 13.2 Å². The highest BCUT2D eigenvalue weighted by molar-refractivity contribution is 5.82. The first-order valence-corrected chi connectivity index (χ1v) is 6.04. The molecule has 0 bridgehead atoms. The van der Waals surface area contributed by atoms with Crippen LogP contribution in [0.25, 0.3) is 0 Å². The summed E-state index contributed by atoms with van der Waals surface area (Å²) < 4.78 is 36.7. The zero-order chi connectivity index (χ0) is 16.0. The van der Waals surface area contributed by atoms with Crippen LogP contribution in [0.3, 0.4) is 0 Å². The highest BCUT2D eigenvalue weighted by atomic mass is 19.4. The van der Waals surface area contributed by atoms with Crippen LogP contribution in [0.5, 0.6) is 0 Å². The van der Waals surface area contributed by atoms with Crippen molar-refractivity contribution in [3.63, 3.8) is 0 Å². The highest BCUT2D eigenvalue weighted by Crippen LogP contribution is 2.33. The van der Waals surface area contributed by atoms with Crippen molar-refractivity contribution in [2.24, 2.45) is 10.6 Å². The van der Waals surface area contributed by atoms with Gasteiger partial charge in [0.15, 0.2) is 0 Å². The van der Waals surface area contributed by atoms with Crippen molar-refractivity contribution in [3.8, 4) is 12.1 Å². The fourth-order valence-electron chi connectivity index (χ4n) is 1.34. The third-order valence-electron chi connectivity index (χ3n) is 2.30. The molecule has 0 aromatic rings. The minimum absolute atomic E-state index is 0.174. The van der Waals surface area contributed by atoms with Gasteiger partial charge in [-0.3, -0.25) is 0 Å². The van der Waals surface area contributed by atoms with Crippen LogP contribution >= 0.6 is 0 Å². The van der Waals surface area contributed by atoms with Crippen molar-refractivity contribution in [1.29, 1.82) is 10.5 Å². The Morgan fingerprint density at radius 3 is 1.95 bits per heavy atom. The molecule has 0 saturated heterocycles. The fourth-order valence-corrected chi connectivity index (χ4v) is 1.34. The Bertz CT molecular complexity index is 422. The molecular weight excluding hydrogens is 271 g/mol. The third-order valence-corrected chi connectivity index (χ3v) is 2.30. The molecule has 0 aromatic carbocycles. The molecule has 0 fully saturated rings. The molecule has 0 aliphatic rings. The Labute approximate surface area is 116 Å². The molecule has 0 aromatic heterocycles. The number of rotatable bonds is 5. The lowest BCUT2D eigenvalue weighted by atomic mass is 9.81. The Morgan fingerprint density at radius 2 is 1.60 bits per heavy atom. The summed E-state index contributed by atoms with van der Waals surface area (Å²) in [7, 11) is 0. The van der Waals surface area contributed by atoms with Crippen molar-refractivity contribution < 1.29 is 18.0 Å². The quantitative estimate of drug-likeness (QED) is 0.568. The average molecular weight is 289 g/mol. The van der Waals surface area contributed by atoms with Crippen LogP contribution in [-0.4, -0.2) is 17.5 Å². The Balaban J connectivity index is 4.87. The van der Waals surface area contributed by atoms with Crippen molar-refractivity contribution in [2.75, 3.05) is 0 Å². The second-order valence-corrected chi connectivity index (χ2v) is 5.63. The van der Waals surface area contributed by atoms with Gasteiger partial charge in [0.1, 0.15) is 11.0 Å². The number of hydrogen-bond donors (Lipinski definition) is 0. The first kappa shape index (κ1) is 18.2. The van der Waals surface area contributed by atoms with Crippen molar-refractivity contribution in [1.82, 2.24) is 0 Å². The summed E-state index contributed by atoms with van der Waals surface area (Å²) in [5.74, 6) is 0. The van der Waals surface area contributed by atoms with Crippen LogP contribution in [0.2, 0.25) is 0 Å². The summed E-state index contributed by atoms with van der Waals surface area (Å²) in [5.41, 5.74) is -1.97. The zero-order valence-electron chi connectivity index (χ0n) is 12.0. The summed E-state index contributed by atoms with van der Waals surface area (Å²) in [4.78, 5) is 5.12. The van der Waals surface area contributed by atoms with E-state index < -0.39 is 30.0 Å². The minimum atomic E-state index is -4.40. The third kappa shape index (κ3) is 7.63. The van der Waals surface area contributed by atoms with Crippen molar-refractivity contribution in [2.45, 2.75) is 58.7 Å². The molecule has 0 unspecified atom stereocenters. The van der Waals surface area contributed by atoms with Gasteiger partial charge in [0.25, 0.3) is 0 Å². The largest absolute Gasteiger partial charge is 0.390 e. The first-order valence-electron chi connectivity index (χ1n) is 6.04. The molecule has 0 amide bonds. The molecule has 0 rings (SSSR count). The van der Waals surface area contributed by atoms with Gasteiger partial charge in [0, 0.05) is 12.8 Å². The lowest BCUT2D eigenvalue weighted by Crippen LogP contribution is -2.24. The number of hydrogen-bond acceptors (Lipinski definition) is 4. The van der Waals surface area contributed by atoms with E-state index in [-0.39, 0.29) is 6.42 Å². The molecule has 7 heteroatoms. The van der Waals surface area contributed by atoms with Crippen molar-refractivity contribution >= 4 is 5.71 Å². The maximum Gasteiger partial charge on any atom is 0.389 e. The molecule has 0 atom stereocenters. The zero-order valence-corrected chi connectivity index (χ0v) is 12.0. The van der Waals surface area contributed by atoms with Gasteiger partial charge in [-0.1, -0.05) is 5.16 Å². The molecule has 4 nitrogen and oxygen atoms in total. The smallest absolute Gasteiger partial charge is 0.389 e. The molecule has 0 N–H and O–H groups in total. The summed E-state index contributed by atoms with van der Waals surface area (Å²) in [6, 6.07) is 3.34. The molecule has 112 valence electrons. The molecule has 0 aliphatic heterocycles. The van der Waals surface area contributed by atoms with E-state index in [0.29, 0.717) is 5.71 Å². The highest BCUT2D eigenvalue weighted by Gasteiger charge is 2.37. The summed E-state index contributed by atoms with van der Waals surface area (Å²) in [6.07, 6.45) is -6.33. The Kier molecular flexibility index (Phi) is 6.02. The van der Waals surface area contributed by atoms with E-state index in [1.165, 1.54) is 6.92 Å². The first-order chi connectivity index (χ1) is 8.93. The van der Waals surface area contributed by atoms with E-state index in [4.69, 9.17) is 15.4 Å². The normalized spacial score (nSPS) is 13.6. The van der Waals surface area contributed by atoms with Crippen LogP contribution in [-0.2, 0) is 4.84 Å². The SMILES string of the molecule is CC(CC(C#N)(C#N)CCC(F)(F)F)=NOC(C)(C)C. The molecule has 0 spiro atoms.